The van der Waals surface area contributed by atoms with E-state index in [1.165, 1.54) is 0 Å². The first-order valence-corrected chi connectivity index (χ1v) is 7.06. The summed E-state index contributed by atoms with van der Waals surface area (Å²) in [5.74, 6) is 0. The molecule has 1 saturated carbocycles. The average molecular weight is 241 g/mol. The lowest BCUT2D eigenvalue weighted by molar-refractivity contribution is -0.0856. The highest BCUT2D eigenvalue weighted by atomic mass is 16.5. The zero-order valence-corrected chi connectivity index (χ0v) is 11.5. The maximum absolute atomic E-state index is 9.94. The molecule has 1 heterocycles. The third-order valence-corrected chi connectivity index (χ3v) is 4.66. The Kier molecular flexibility index (Phi) is 4.11. The van der Waals surface area contributed by atoms with Crippen LogP contribution in [0, 0.1) is 5.41 Å². The second-order valence-electron chi connectivity index (χ2n) is 6.31. The third-order valence-electron chi connectivity index (χ3n) is 4.66. The molecule has 0 bridgehead atoms. The van der Waals surface area contributed by atoms with E-state index in [2.05, 4.69) is 25.7 Å². The lowest BCUT2D eigenvalue weighted by Gasteiger charge is -2.50. The number of aliphatic hydroxyl groups excluding tert-OH is 1. The number of nitrogens with zero attached hydrogens (tertiary/aromatic N) is 1. The zero-order valence-electron chi connectivity index (χ0n) is 11.5. The van der Waals surface area contributed by atoms with Crippen molar-refractivity contribution in [1.82, 2.24) is 4.90 Å². The van der Waals surface area contributed by atoms with Crippen LogP contribution in [0.4, 0.5) is 0 Å². The first-order chi connectivity index (χ1) is 8.04. The van der Waals surface area contributed by atoms with Crippen molar-refractivity contribution >= 4 is 0 Å². The second kappa shape index (κ2) is 5.25. The molecule has 0 aromatic heterocycles. The standard InChI is InChI=1S/C14H27NO2/c1-4-11-10-17-8-7-15(11)13-9-12(16)5-6-14(13,2)3/h11-13,16H,4-10H2,1-3H3. The molecule has 100 valence electrons. The molecule has 1 N–H and O–H groups in total. The molecule has 0 spiro atoms. The van der Waals surface area contributed by atoms with Crippen LogP contribution in [0.3, 0.4) is 0 Å². The van der Waals surface area contributed by atoms with Crippen LogP contribution in [0.2, 0.25) is 0 Å². The van der Waals surface area contributed by atoms with E-state index in [9.17, 15) is 5.11 Å². The molecule has 17 heavy (non-hydrogen) atoms. The van der Waals surface area contributed by atoms with E-state index >= 15 is 0 Å². The van der Waals surface area contributed by atoms with Crippen molar-refractivity contribution in [2.45, 2.75) is 64.6 Å². The minimum Gasteiger partial charge on any atom is -0.393 e. The molecule has 2 rings (SSSR count). The summed E-state index contributed by atoms with van der Waals surface area (Å²) in [6.07, 6.45) is 4.07. The van der Waals surface area contributed by atoms with Gasteiger partial charge in [0.05, 0.1) is 19.3 Å². The fourth-order valence-electron chi connectivity index (χ4n) is 3.41. The molecular weight excluding hydrogens is 214 g/mol. The van der Waals surface area contributed by atoms with Crippen LogP contribution in [-0.4, -0.2) is 48.0 Å². The Morgan fingerprint density at radius 2 is 2.18 bits per heavy atom. The number of hydrogen-bond acceptors (Lipinski definition) is 3. The van der Waals surface area contributed by atoms with Crippen LogP contribution < -0.4 is 0 Å². The minimum atomic E-state index is -0.103. The Balaban J connectivity index is 2.11. The number of ether oxygens (including phenoxy) is 1. The van der Waals surface area contributed by atoms with Gasteiger partial charge in [-0.3, -0.25) is 4.90 Å². The van der Waals surface area contributed by atoms with Crippen LogP contribution in [-0.2, 0) is 4.74 Å². The molecular formula is C14H27NO2. The maximum atomic E-state index is 9.94. The Morgan fingerprint density at radius 3 is 2.88 bits per heavy atom. The molecule has 3 heteroatoms. The van der Waals surface area contributed by atoms with Gasteiger partial charge in [-0.25, -0.2) is 0 Å². The molecule has 1 aliphatic heterocycles. The Hall–Kier alpha value is -0.120. The average Bonchev–Trinajstić information content (AvgIpc) is 2.32. The Labute approximate surface area is 105 Å². The predicted molar refractivity (Wildman–Crippen MR) is 69.0 cm³/mol. The molecule has 0 radical (unpaired) electrons. The summed E-state index contributed by atoms with van der Waals surface area (Å²) >= 11 is 0. The van der Waals surface area contributed by atoms with Gasteiger partial charge in [0.25, 0.3) is 0 Å². The van der Waals surface area contributed by atoms with Gasteiger partial charge >= 0.3 is 0 Å². The summed E-state index contributed by atoms with van der Waals surface area (Å²) in [5, 5.41) is 9.94. The second-order valence-corrected chi connectivity index (χ2v) is 6.31. The van der Waals surface area contributed by atoms with Crippen LogP contribution in [0.25, 0.3) is 0 Å². The number of hydrogen-bond donors (Lipinski definition) is 1. The fourth-order valence-corrected chi connectivity index (χ4v) is 3.41. The van der Waals surface area contributed by atoms with Gasteiger partial charge in [-0.2, -0.15) is 0 Å². The topological polar surface area (TPSA) is 32.7 Å². The smallest absolute Gasteiger partial charge is 0.0622 e. The molecule has 2 aliphatic rings. The number of morpholine rings is 1. The van der Waals surface area contributed by atoms with E-state index in [-0.39, 0.29) is 6.10 Å². The summed E-state index contributed by atoms with van der Waals surface area (Å²) < 4.78 is 5.58. The quantitative estimate of drug-likeness (QED) is 0.803. The van der Waals surface area contributed by atoms with Gasteiger partial charge in [0, 0.05) is 18.6 Å². The Bertz CT molecular complexity index is 255. The largest absolute Gasteiger partial charge is 0.393 e. The fraction of sp³-hybridized carbons (Fsp3) is 1.00. The third kappa shape index (κ3) is 2.83. The van der Waals surface area contributed by atoms with Crippen molar-refractivity contribution in [3.63, 3.8) is 0 Å². The van der Waals surface area contributed by atoms with Gasteiger partial charge < -0.3 is 9.84 Å². The first kappa shape index (κ1) is 13.3. The van der Waals surface area contributed by atoms with Crippen LogP contribution in [0.5, 0.6) is 0 Å². The lowest BCUT2D eigenvalue weighted by Crippen LogP contribution is -2.57. The van der Waals surface area contributed by atoms with Crippen molar-refractivity contribution in [1.29, 1.82) is 0 Å². The molecule has 0 aromatic rings. The molecule has 0 amide bonds. The van der Waals surface area contributed by atoms with E-state index in [0.29, 0.717) is 17.5 Å². The zero-order chi connectivity index (χ0) is 12.5. The van der Waals surface area contributed by atoms with E-state index in [1.54, 1.807) is 0 Å². The van der Waals surface area contributed by atoms with Gasteiger partial charge in [0.2, 0.25) is 0 Å². The van der Waals surface area contributed by atoms with Gasteiger partial charge in [-0.05, 0) is 31.1 Å². The SMILES string of the molecule is CCC1COCCN1C1CC(O)CCC1(C)C. The maximum Gasteiger partial charge on any atom is 0.0622 e. The summed E-state index contributed by atoms with van der Waals surface area (Å²) in [6, 6.07) is 1.05. The number of rotatable bonds is 2. The first-order valence-electron chi connectivity index (χ1n) is 7.06. The Morgan fingerprint density at radius 1 is 1.41 bits per heavy atom. The van der Waals surface area contributed by atoms with Crippen molar-refractivity contribution < 1.29 is 9.84 Å². The molecule has 2 fully saturated rings. The van der Waals surface area contributed by atoms with Crippen molar-refractivity contribution in [2.24, 2.45) is 5.41 Å². The van der Waals surface area contributed by atoms with E-state index in [4.69, 9.17) is 4.74 Å². The molecule has 0 aromatic carbocycles. The molecule has 1 saturated heterocycles. The van der Waals surface area contributed by atoms with Crippen LogP contribution in [0.15, 0.2) is 0 Å². The van der Waals surface area contributed by atoms with Gasteiger partial charge in [0.15, 0.2) is 0 Å². The highest BCUT2D eigenvalue weighted by molar-refractivity contribution is 4.95. The van der Waals surface area contributed by atoms with Crippen molar-refractivity contribution in [3.05, 3.63) is 0 Å². The monoisotopic (exact) mass is 241 g/mol. The van der Waals surface area contributed by atoms with Gasteiger partial charge in [0.1, 0.15) is 0 Å². The van der Waals surface area contributed by atoms with E-state index in [1.807, 2.05) is 0 Å². The summed E-state index contributed by atoms with van der Waals surface area (Å²) in [5.41, 5.74) is 0.323. The summed E-state index contributed by atoms with van der Waals surface area (Å²) in [4.78, 5) is 2.60. The molecule has 3 atom stereocenters. The summed E-state index contributed by atoms with van der Waals surface area (Å²) in [6.45, 7) is 9.67. The van der Waals surface area contributed by atoms with E-state index < -0.39 is 0 Å². The predicted octanol–water partition coefficient (Wildman–Crippen LogP) is 2.04. The number of aliphatic hydroxyl groups is 1. The highest BCUT2D eigenvalue weighted by Gasteiger charge is 2.41. The van der Waals surface area contributed by atoms with Crippen LogP contribution in [0.1, 0.15) is 46.5 Å². The van der Waals surface area contributed by atoms with Crippen molar-refractivity contribution in [3.8, 4) is 0 Å². The lowest BCUT2D eigenvalue weighted by atomic mass is 9.71. The molecule has 1 aliphatic carbocycles. The van der Waals surface area contributed by atoms with Crippen LogP contribution >= 0.6 is 0 Å². The van der Waals surface area contributed by atoms with Crippen molar-refractivity contribution in [2.75, 3.05) is 19.8 Å². The molecule has 3 unspecified atom stereocenters. The minimum absolute atomic E-state index is 0.103. The highest BCUT2D eigenvalue weighted by Crippen LogP contribution is 2.40. The van der Waals surface area contributed by atoms with Gasteiger partial charge in [-0.1, -0.05) is 20.8 Å². The van der Waals surface area contributed by atoms with E-state index in [0.717, 1.165) is 45.4 Å². The molecule has 3 nitrogen and oxygen atoms in total. The normalized spacial score (nSPS) is 39.2. The summed E-state index contributed by atoms with van der Waals surface area (Å²) in [7, 11) is 0. The van der Waals surface area contributed by atoms with Gasteiger partial charge in [-0.15, -0.1) is 0 Å².